The second-order valence-corrected chi connectivity index (χ2v) is 9.97. The van der Waals surface area contributed by atoms with Crippen LogP contribution in [-0.4, -0.2) is 32.0 Å². The van der Waals surface area contributed by atoms with Crippen molar-refractivity contribution in [2.24, 2.45) is 0 Å². The molecule has 0 heterocycles. The molecule has 0 amide bonds. The van der Waals surface area contributed by atoms with Gasteiger partial charge >= 0.3 is 0 Å². The normalized spacial score (nSPS) is 13.2. The van der Waals surface area contributed by atoms with Gasteiger partial charge in [-0.3, -0.25) is 0 Å². The predicted octanol–water partition coefficient (Wildman–Crippen LogP) is 7.71. The number of hydrogen-bond acceptors (Lipinski definition) is 5. The largest absolute Gasteiger partial charge is 0.497 e. The van der Waals surface area contributed by atoms with Crippen LogP contribution in [0.5, 0.6) is 5.75 Å². The Morgan fingerprint density at radius 1 is 0.619 bits per heavy atom. The van der Waals surface area contributed by atoms with E-state index in [1.54, 1.807) is 13.2 Å². The van der Waals surface area contributed by atoms with E-state index >= 15 is 0 Å². The van der Waals surface area contributed by atoms with Gasteiger partial charge in [-0.05, 0) is 40.0 Å². The Labute approximate surface area is 250 Å². The van der Waals surface area contributed by atoms with Crippen LogP contribution >= 0.6 is 0 Å². The summed E-state index contributed by atoms with van der Waals surface area (Å²) in [6.07, 6.45) is 0.236. The van der Waals surface area contributed by atoms with Crippen molar-refractivity contribution in [2.75, 3.05) is 13.7 Å². The Balaban J connectivity index is 1.54. The first-order valence-electron chi connectivity index (χ1n) is 14.1. The molecule has 4 aromatic carbocycles. The zero-order chi connectivity index (χ0) is 29.4. The molecule has 0 saturated carbocycles. The van der Waals surface area contributed by atoms with Crippen molar-refractivity contribution in [3.8, 4) is 5.75 Å². The molecule has 42 heavy (non-hydrogen) atoms. The lowest BCUT2D eigenvalue weighted by molar-refractivity contribution is -0.129. The topological polar surface area (TPSA) is 46.2 Å². The lowest BCUT2D eigenvalue weighted by atomic mass is 10.0. The number of rotatable bonds is 18. The summed E-state index contributed by atoms with van der Waals surface area (Å²) in [5.41, 5.74) is 4.97. The van der Waals surface area contributed by atoms with Crippen molar-refractivity contribution in [1.29, 1.82) is 0 Å². The molecule has 0 saturated heterocycles. The van der Waals surface area contributed by atoms with Crippen molar-refractivity contribution in [3.05, 3.63) is 162 Å². The molecule has 4 rings (SSSR count). The third kappa shape index (κ3) is 9.82. The summed E-state index contributed by atoms with van der Waals surface area (Å²) in [4.78, 5) is 0. The van der Waals surface area contributed by atoms with Gasteiger partial charge in [0.1, 0.15) is 24.1 Å². The van der Waals surface area contributed by atoms with Crippen LogP contribution in [0.1, 0.15) is 22.3 Å². The highest BCUT2D eigenvalue weighted by molar-refractivity contribution is 5.27. The van der Waals surface area contributed by atoms with Gasteiger partial charge in [-0.1, -0.05) is 116 Å². The first-order chi connectivity index (χ1) is 20.7. The predicted molar refractivity (Wildman–Crippen MR) is 167 cm³/mol. The number of methoxy groups -OCH3 is 1. The second kappa shape index (κ2) is 17.1. The monoisotopic (exact) mass is 564 g/mol. The molecule has 0 aliphatic heterocycles. The standard InChI is InChI=1S/C37H40O5/c1-4-35(40-26-33-20-22-34(38-3)23-21-33)37(42-28-32-18-12-7-13-19-32)36(41-27-31-16-10-6-11-17-31)29(2)24-39-25-30-14-8-5-9-15-30/h4-23,35-37H,1-2,24-28H2,3H3/t35?,36-,37-/m1/s1. The van der Waals surface area contributed by atoms with Gasteiger partial charge in [0.05, 0.1) is 40.1 Å². The summed E-state index contributed by atoms with van der Waals surface area (Å²) < 4.78 is 30.9. The van der Waals surface area contributed by atoms with E-state index in [0.717, 1.165) is 33.6 Å². The minimum Gasteiger partial charge on any atom is -0.497 e. The van der Waals surface area contributed by atoms with Gasteiger partial charge in [0.15, 0.2) is 0 Å². The molecule has 0 aliphatic rings. The zero-order valence-electron chi connectivity index (χ0n) is 24.3. The SMILES string of the molecule is C=CC(OCc1ccc(OC)cc1)[C@@H](OCc1ccccc1)[C@H](OCc1ccccc1)C(=C)COCc1ccccc1. The Bertz CT molecular complexity index is 1320. The van der Waals surface area contributed by atoms with E-state index in [2.05, 4.69) is 13.2 Å². The molecule has 1 unspecified atom stereocenters. The smallest absolute Gasteiger partial charge is 0.118 e. The van der Waals surface area contributed by atoms with Crippen LogP contribution in [0, 0.1) is 0 Å². The van der Waals surface area contributed by atoms with Crippen LogP contribution in [0.4, 0.5) is 0 Å². The van der Waals surface area contributed by atoms with Crippen LogP contribution in [-0.2, 0) is 45.4 Å². The average Bonchev–Trinajstić information content (AvgIpc) is 3.05. The molecule has 0 fully saturated rings. The highest BCUT2D eigenvalue weighted by Crippen LogP contribution is 2.24. The van der Waals surface area contributed by atoms with Crippen LogP contribution in [0.2, 0.25) is 0 Å². The first kappa shape index (κ1) is 30.9. The molecule has 0 aromatic heterocycles. The van der Waals surface area contributed by atoms with Crippen LogP contribution in [0.15, 0.2) is 140 Å². The molecular weight excluding hydrogens is 524 g/mol. The highest BCUT2D eigenvalue weighted by atomic mass is 16.6. The fourth-order valence-electron chi connectivity index (χ4n) is 4.49. The Morgan fingerprint density at radius 3 is 1.62 bits per heavy atom. The summed E-state index contributed by atoms with van der Waals surface area (Å²) in [6, 6.07) is 38.0. The molecule has 0 spiro atoms. The molecule has 0 bridgehead atoms. The lowest BCUT2D eigenvalue weighted by Crippen LogP contribution is -2.43. The van der Waals surface area contributed by atoms with Gasteiger partial charge in [-0.15, -0.1) is 6.58 Å². The molecule has 4 aromatic rings. The maximum atomic E-state index is 6.58. The fourth-order valence-corrected chi connectivity index (χ4v) is 4.49. The molecule has 0 N–H and O–H groups in total. The van der Waals surface area contributed by atoms with E-state index in [1.807, 2.05) is 115 Å². The minimum absolute atomic E-state index is 0.307. The number of benzene rings is 4. The second-order valence-electron chi connectivity index (χ2n) is 9.97. The van der Waals surface area contributed by atoms with E-state index in [9.17, 15) is 0 Å². The number of hydrogen-bond donors (Lipinski definition) is 0. The molecule has 218 valence electrons. The van der Waals surface area contributed by atoms with Crippen molar-refractivity contribution in [3.63, 3.8) is 0 Å². The molecule has 0 radical (unpaired) electrons. The van der Waals surface area contributed by atoms with Gasteiger partial charge < -0.3 is 23.7 Å². The maximum Gasteiger partial charge on any atom is 0.118 e. The molecule has 0 aliphatic carbocycles. The molecular formula is C37H40O5. The lowest BCUT2D eigenvalue weighted by Gasteiger charge is -2.33. The van der Waals surface area contributed by atoms with Crippen molar-refractivity contribution < 1.29 is 23.7 Å². The van der Waals surface area contributed by atoms with Gasteiger partial charge in [0.2, 0.25) is 0 Å². The summed E-state index contributed by atoms with van der Waals surface area (Å²) in [6.45, 7) is 10.4. The van der Waals surface area contributed by atoms with Crippen molar-refractivity contribution in [2.45, 2.75) is 44.7 Å². The Hall–Kier alpha value is -4.00. The van der Waals surface area contributed by atoms with Crippen LogP contribution in [0.25, 0.3) is 0 Å². The molecule has 3 atom stereocenters. The Morgan fingerprint density at radius 2 is 1.10 bits per heavy atom. The zero-order valence-corrected chi connectivity index (χ0v) is 24.3. The maximum absolute atomic E-state index is 6.58. The van der Waals surface area contributed by atoms with E-state index in [-0.39, 0.29) is 0 Å². The summed E-state index contributed by atoms with van der Waals surface area (Å²) in [5, 5.41) is 0. The highest BCUT2D eigenvalue weighted by Gasteiger charge is 2.33. The van der Waals surface area contributed by atoms with E-state index in [4.69, 9.17) is 23.7 Å². The first-order valence-corrected chi connectivity index (χ1v) is 14.1. The number of ether oxygens (including phenoxy) is 5. The quantitative estimate of drug-likeness (QED) is 0.116. The van der Waals surface area contributed by atoms with Crippen LogP contribution in [0.3, 0.4) is 0 Å². The minimum atomic E-state index is -0.530. The van der Waals surface area contributed by atoms with Crippen LogP contribution < -0.4 is 4.74 Å². The third-order valence-corrected chi connectivity index (χ3v) is 6.82. The summed E-state index contributed by atoms with van der Waals surface area (Å²) in [5.74, 6) is 0.796. The van der Waals surface area contributed by atoms with Gasteiger partial charge in [0.25, 0.3) is 0 Å². The van der Waals surface area contributed by atoms with Gasteiger partial charge in [0, 0.05) is 0 Å². The molecule has 5 nitrogen and oxygen atoms in total. The summed E-state index contributed by atoms with van der Waals surface area (Å²) in [7, 11) is 1.65. The summed E-state index contributed by atoms with van der Waals surface area (Å²) >= 11 is 0. The van der Waals surface area contributed by atoms with E-state index < -0.39 is 18.3 Å². The van der Waals surface area contributed by atoms with Crippen molar-refractivity contribution >= 4 is 0 Å². The van der Waals surface area contributed by atoms with Gasteiger partial charge in [-0.2, -0.15) is 0 Å². The van der Waals surface area contributed by atoms with E-state index in [1.165, 1.54) is 0 Å². The molecule has 5 heteroatoms. The average molecular weight is 565 g/mol. The Kier molecular flexibility index (Phi) is 12.6. The van der Waals surface area contributed by atoms with Gasteiger partial charge in [-0.25, -0.2) is 0 Å². The third-order valence-electron chi connectivity index (χ3n) is 6.82. The van der Waals surface area contributed by atoms with Crippen molar-refractivity contribution in [1.82, 2.24) is 0 Å². The fraction of sp³-hybridized carbons (Fsp3) is 0.243. The van der Waals surface area contributed by atoms with E-state index in [0.29, 0.717) is 33.0 Å².